The number of sulfonamides is 1. The van der Waals surface area contributed by atoms with Crippen molar-refractivity contribution in [1.82, 2.24) is 4.98 Å². The van der Waals surface area contributed by atoms with Gasteiger partial charge in [-0.3, -0.25) is 4.31 Å². The van der Waals surface area contributed by atoms with Crippen LogP contribution in [0, 0.1) is 13.8 Å². The van der Waals surface area contributed by atoms with E-state index >= 15 is 0 Å². The summed E-state index contributed by atoms with van der Waals surface area (Å²) in [6.45, 7) is 3.67. The number of aromatic nitrogens is 1. The highest BCUT2D eigenvalue weighted by atomic mass is 32.2. The molecule has 5 heteroatoms. The van der Waals surface area contributed by atoms with Crippen molar-refractivity contribution >= 4 is 15.8 Å². The van der Waals surface area contributed by atoms with Crippen LogP contribution in [0.2, 0.25) is 0 Å². The molecule has 0 atom stereocenters. The number of anilines is 1. The molecule has 0 saturated carbocycles. The van der Waals surface area contributed by atoms with Crippen LogP contribution in [0.25, 0.3) is 0 Å². The minimum atomic E-state index is -3.22. The highest BCUT2D eigenvalue weighted by Crippen LogP contribution is 2.17. The smallest absolute Gasteiger partial charge is 0.233 e. The number of hydrogen-bond donors (Lipinski definition) is 0. The first-order chi connectivity index (χ1) is 6.32. The second kappa shape index (κ2) is 3.57. The predicted molar refractivity (Wildman–Crippen MR) is 57.0 cm³/mol. The summed E-state index contributed by atoms with van der Waals surface area (Å²) in [6, 6.07) is 3.72. The third kappa shape index (κ3) is 2.23. The van der Waals surface area contributed by atoms with Crippen molar-refractivity contribution in [2.24, 2.45) is 0 Å². The number of hydrogen-bond acceptors (Lipinski definition) is 3. The Balaban J connectivity index is 3.26. The number of nitrogens with zero attached hydrogens (tertiary/aromatic N) is 2. The molecule has 0 saturated heterocycles. The first-order valence-electron chi connectivity index (χ1n) is 4.20. The van der Waals surface area contributed by atoms with Gasteiger partial charge in [0.15, 0.2) is 0 Å². The molecule has 0 spiro atoms. The fraction of sp³-hybridized carbons (Fsp3) is 0.444. The minimum absolute atomic E-state index is 0.493. The van der Waals surface area contributed by atoms with Crippen LogP contribution in [0.3, 0.4) is 0 Å². The average molecular weight is 214 g/mol. The normalized spacial score (nSPS) is 11.4. The largest absolute Gasteiger partial charge is 0.257 e. The van der Waals surface area contributed by atoms with Gasteiger partial charge in [-0.25, -0.2) is 13.4 Å². The van der Waals surface area contributed by atoms with Gasteiger partial charge in [-0.15, -0.1) is 0 Å². The molecule has 0 amide bonds. The first-order valence-corrected chi connectivity index (χ1v) is 6.05. The molecule has 0 bridgehead atoms. The lowest BCUT2D eigenvalue weighted by molar-refractivity contribution is 0.599. The van der Waals surface area contributed by atoms with E-state index in [0.29, 0.717) is 5.82 Å². The summed E-state index contributed by atoms with van der Waals surface area (Å²) in [7, 11) is -1.72. The molecule has 0 aliphatic heterocycles. The highest BCUT2D eigenvalue weighted by molar-refractivity contribution is 7.92. The topological polar surface area (TPSA) is 50.3 Å². The lowest BCUT2D eigenvalue weighted by Gasteiger charge is -2.17. The Labute approximate surface area is 84.6 Å². The van der Waals surface area contributed by atoms with Crippen LogP contribution in [0.5, 0.6) is 0 Å². The summed E-state index contributed by atoms with van der Waals surface area (Å²) in [5.74, 6) is 0.493. The molecular weight excluding hydrogens is 200 g/mol. The van der Waals surface area contributed by atoms with Gasteiger partial charge in [-0.05, 0) is 25.5 Å². The van der Waals surface area contributed by atoms with Crippen molar-refractivity contribution in [2.75, 3.05) is 17.6 Å². The van der Waals surface area contributed by atoms with Crippen LogP contribution >= 0.6 is 0 Å². The van der Waals surface area contributed by atoms with E-state index in [1.54, 1.807) is 0 Å². The van der Waals surface area contributed by atoms with Crippen molar-refractivity contribution in [3.63, 3.8) is 0 Å². The zero-order valence-electron chi connectivity index (χ0n) is 8.77. The van der Waals surface area contributed by atoms with Gasteiger partial charge in [-0.2, -0.15) is 0 Å². The fourth-order valence-corrected chi connectivity index (χ4v) is 1.59. The van der Waals surface area contributed by atoms with E-state index in [1.165, 1.54) is 11.4 Å². The minimum Gasteiger partial charge on any atom is -0.257 e. The van der Waals surface area contributed by atoms with Gasteiger partial charge in [0.2, 0.25) is 10.0 Å². The van der Waals surface area contributed by atoms with Crippen LogP contribution in [-0.4, -0.2) is 26.7 Å². The van der Waals surface area contributed by atoms with Gasteiger partial charge >= 0.3 is 0 Å². The van der Waals surface area contributed by atoms with Crippen molar-refractivity contribution in [2.45, 2.75) is 13.8 Å². The van der Waals surface area contributed by atoms with Crippen molar-refractivity contribution in [1.29, 1.82) is 0 Å². The molecule has 0 aromatic carbocycles. The third-order valence-corrected chi connectivity index (χ3v) is 3.17. The maximum Gasteiger partial charge on any atom is 0.233 e. The molecule has 78 valence electrons. The fourth-order valence-electron chi connectivity index (χ4n) is 1.09. The average Bonchev–Trinajstić information content (AvgIpc) is 2.06. The maximum absolute atomic E-state index is 11.3. The van der Waals surface area contributed by atoms with Gasteiger partial charge in [-0.1, -0.05) is 6.07 Å². The number of pyridine rings is 1. The van der Waals surface area contributed by atoms with Crippen LogP contribution in [0.15, 0.2) is 12.1 Å². The summed E-state index contributed by atoms with van der Waals surface area (Å²) in [5.41, 5.74) is 1.66. The first kappa shape index (κ1) is 11.0. The Morgan fingerprint density at radius 3 is 2.36 bits per heavy atom. The Bertz CT molecular complexity index is 440. The van der Waals surface area contributed by atoms with Gasteiger partial charge in [0.25, 0.3) is 0 Å². The molecule has 14 heavy (non-hydrogen) atoms. The monoisotopic (exact) mass is 214 g/mol. The molecule has 1 rings (SSSR count). The van der Waals surface area contributed by atoms with E-state index in [2.05, 4.69) is 4.98 Å². The summed E-state index contributed by atoms with van der Waals surface area (Å²) in [6.07, 6.45) is 1.16. The standard InChI is InChI=1S/C9H14N2O2S/c1-7-5-6-8(2)10-9(7)11(3)14(4,12)13/h5-6H,1-4H3. The van der Waals surface area contributed by atoms with E-state index in [-0.39, 0.29) is 0 Å². The number of aryl methyl sites for hydroxylation is 2. The van der Waals surface area contributed by atoms with E-state index in [4.69, 9.17) is 0 Å². The molecule has 0 fully saturated rings. The Morgan fingerprint density at radius 2 is 1.86 bits per heavy atom. The third-order valence-electron chi connectivity index (χ3n) is 2.01. The SMILES string of the molecule is Cc1ccc(C)c(N(C)S(C)(=O)=O)n1. The Morgan fingerprint density at radius 1 is 1.29 bits per heavy atom. The second-order valence-corrected chi connectivity index (χ2v) is 5.34. The van der Waals surface area contributed by atoms with Crippen LogP contribution in [-0.2, 0) is 10.0 Å². The second-order valence-electron chi connectivity index (χ2n) is 3.32. The molecule has 0 N–H and O–H groups in total. The quantitative estimate of drug-likeness (QED) is 0.740. The lowest BCUT2D eigenvalue weighted by atomic mass is 10.2. The molecule has 4 nitrogen and oxygen atoms in total. The van der Waals surface area contributed by atoms with Crippen LogP contribution < -0.4 is 4.31 Å². The summed E-state index contributed by atoms with van der Waals surface area (Å²) in [4.78, 5) is 4.19. The zero-order chi connectivity index (χ0) is 10.9. The van der Waals surface area contributed by atoms with Crippen LogP contribution in [0.1, 0.15) is 11.3 Å². The molecular formula is C9H14N2O2S. The molecule has 0 aliphatic rings. The molecule has 1 aromatic heterocycles. The molecule has 1 aromatic rings. The van der Waals surface area contributed by atoms with Crippen LogP contribution in [0.4, 0.5) is 5.82 Å². The van der Waals surface area contributed by atoms with Gasteiger partial charge in [0.05, 0.1) is 6.26 Å². The highest BCUT2D eigenvalue weighted by Gasteiger charge is 2.15. The van der Waals surface area contributed by atoms with E-state index in [9.17, 15) is 8.42 Å². The lowest BCUT2D eigenvalue weighted by Crippen LogP contribution is -2.26. The van der Waals surface area contributed by atoms with Crippen molar-refractivity contribution in [3.8, 4) is 0 Å². The summed E-state index contributed by atoms with van der Waals surface area (Å²) in [5, 5.41) is 0. The molecule has 1 heterocycles. The Kier molecular flexibility index (Phi) is 2.80. The predicted octanol–water partition coefficient (Wildman–Crippen LogP) is 1.09. The van der Waals surface area contributed by atoms with E-state index < -0.39 is 10.0 Å². The van der Waals surface area contributed by atoms with E-state index in [0.717, 1.165) is 17.5 Å². The summed E-state index contributed by atoms with van der Waals surface area (Å²) < 4.78 is 23.8. The zero-order valence-corrected chi connectivity index (χ0v) is 9.59. The van der Waals surface area contributed by atoms with Crippen molar-refractivity contribution in [3.05, 3.63) is 23.4 Å². The molecule has 0 aliphatic carbocycles. The van der Waals surface area contributed by atoms with Gasteiger partial charge in [0.1, 0.15) is 5.82 Å². The van der Waals surface area contributed by atoms with Gasteiger partial charge < -0.3 is 0 Å². The number of rotatable bonds is 2. The summed E-state index contributed by atoms with van der Waals surface area (Å²) >= 11 is 0. The maximum atomic E-state index is 11.3. The van der Waals surface area contributed by atoms with E-state index in [1.807, 2.05) is 26.0 Å². The Hall–Kier alpha value is -1.10. The molecule has 0 radical (unpaired) electrons. The van der Waals surface area contributed by atoms with Gasteiger partial charge in [0, 0.05) is 12.7 Å². The molecule has 0 unspecified atom stereocenters. The van der Waals surface area contributed by atoms with Crippen molar-refractivity contribution < 1.29 is 8.42 Å².